The number of fused-ring (bicyclic) bond motifs is 1. The van der Waals surface area contributed by atoms with E-state index in [4.69, 9.17) is 5.53 Å². The number of azide groups is 1. The van der Waals surface area contributed by atoms with Crippen molar-refractivity contribution in [2.45, 2.75) is 4.90 Å². The van der Waals surface area contributed by atoms with E-state index in [1.165, 1.54) is 12.1 Å². The maximum atomic E-state index is 11.5. The Morgan fingerprint density at radius 1 is 1.24 bits per heavy atom. The number of sulfonamides is 1. The van der Waals surface area contributed by atoms with E-state index in [9.17, 15) is 18.0 Å². The van der Waals surface area contributed by atoms with Crippen molar-refractivity contribution in [2.24, 2.45) is 4.52 Å². The summed E-state index contributed by atoms with van der Waals surface area (Å²) in [4.78, 5) is 24.1. The Morgan fingerprint density at radius 3 is 2.59 bits per heavy atom. The Labute approximate surface area is 94.5 Å². The fraction of sp³-hybridized carbons (Fsp3) is 0. The molecular formula is C8H3N3O5S. The number of esters is 2. The monoisotopic (exact) mass is 253 g/mol. The third-order valence-corrected chi connectivity index (χ3v) is 3.24. The lowest BCUT2D eigenvalue weighted by Gasteiger charge is -2.00. The molecule has 0 radical (unpaired) electrons. The van der Waals surface area contributed by atoms with E-state index in [0.717, 1.165) is 6.07 Å². The zero-order valence-electron chi connectivity index (χ0n) is 8.02. The van der Waals surface area contributed by atoms with E-state index in [1.807, 2.05) is 0 Å². The van der Waals surface area contributed by atoms with Gasteiger partial charge in [0.1, 0.15) is 0 Å². The van der Waals surface area contributed by atoms with Gasteiger partial charge in [0.15, 0.2) is 0 Å². The quantitative estimate of drug-likeness (QED) is 0.255. The standard InChI is InChI=1S/C8H3N3O5S/c9-10-11-17(14,15)5-3-1-2-4-6(5)8(13)16-7(4)12/h1-3H. The largest absolute Gasteiger partial charge is 0.386 e. The Kier molecular flexibility index (Phi) is 2.34. The highest BCUT2D eigenvalue weighted by atomic mass is 32.2. The molecule has 1 aliphatic rings. The smallest absolute Gasteiger partial charge is 0.348 e. The minimum atomic E-state index is -4.34. The Bertz CT molecular complexity index is 687. The predicted octanol–water partition coefficient (Wildman–Crippen LogP) is 0.996. The van der Waals surface area contributed by atoms with E-state index in [2.05, 4.69) is 14.2 Å². The van der Waals surface area contributed by atoms with Crippen molar-refractivity contribution in [1.82, 2.24) is 0 Å². The minimum absolute atomic E-state index is 0.163. The number of carbonyl (C=O) groups excluding carboxylic acids is 2. The first-order valence-corrected chi connectivity index (χ1v) is 5.62. The van der Waals surface area contributed by atoms with Gasteiger partial charge in [0.25, 0.3) is 10.0 Å². The first-order valence-electron chi connectivity index (χ1n) is 4.18. The van der Waals surface area contributed by atoms with E-state index in [1.54, 1.807) is 0 Å². The van der Waals surface area contributed by atoms with Gasteiger partial charge in [0.05, 0.1) is 16.0 Å². The van der Waals surface area contributed by atoms with E-state index in [0.29, 0.717) is 0 Å². The van der Waals surface area contributed by atoms with E-state index >= 15 is 0 Å². The van der Waals surface area contributed by atoms with Gasteiger partial charge in [-0.15, -0.1) is 0 Å². The van der Waals surface area contributed by atoms with Gasteiger partial charge in [-0.1, -0.05) is 6.07 Å². The molecule has 8 nitrogen and oxygen atoms in total. The number of carbonyl (C=O) groups is 2. The third kappa shape index (κ3) is 1.63. The lowest BCUT2D eigenvalue weighted by Crippen LogP contribution is -2.05. The van der Waals surface area contributed by atoms with Gasteiger partial charge in [-0.25, -0.2) is 18.0 Å². The molecule has 1 aromatic rings. The van der Waals surface area contributed by atoms with Gasteiger partial charge in [-0.3, -0.25) is 0 Å². The normalized spacial score (nSPS) is 13.9. The third-order valence-electron chi connectivity index (χ3n) is 2.06. The highest BCUT2D eigenvalue weighted by Crippen LogP contribution is 2.27. The molecule has 0 atom stereocenters. The average molecular weight is 253 g/mol. The van der Waals surface area contributed by atoms with Crippen LogP contribution in [0, 0.1) is 0 Å². The molecule has 1 aromatic carbocycles. The van der Waals surface area contributed by atoms with Crippen LogP contribution >= 0.6 is 0 Å². The van der Waals surface area contributed by atoms with Crippen LogP contribution in [0.1, 0.15) is 20.7 Å². The van der Waals surface area contributed by atoms with Crippen LogP contribution in [0.3, 0.4) is 0 Å². The Hall–Kier alpha value is -2.38. The van der Waals surface area contributed by atoms with Crippen LogP contribution in [0.2, 0.25) is 0 Å². The van der Waals surface area contributed by atoms with Crippen molar-refractivity contribution >= 4 is 22.0 Å². The molecule has 0 aromatic heterocycles. The van der Waals surface area contributed by atoms with Crippen molar-refractivity contribution in [3.05, 3.63) is 39.8 Å². The highest BCUT2D eigenvalue weighted by molar-refractivity contribution is 7.90. The first kappa shape index (κ1) is 11.1. The first-order chi connectivity index (χ1) is 7.97. The lowest BCUT2D eigenvalue weighted by atomic mass is 10.1. The van der Waals surface area contributed by atoms with E-state index < -0.39 is 32.4 Å². The number of ether oxygens (including phenoxy) is 1. The van der Waals surface area contributed by atoms with Crippen molar-refractivity contribution in [1.29, 1.82) is 0 Å². The molecule has 0 N–H and O–H groups in total. The molecule has 0 spiro atoms. The van der Waals surface area contributed by atoms with Crippen molar-refractivity contribution < 1.29 is 22.7 Å². The molecule has 0 fully saturated rings. The lowest BCUT2D eigenvalue weighted by molar-refractivity contribution is 0.0442. The average Bonchev–Trinajstić information content (AvgIpc) is 2.55. The maximum Gasteiger partial charge on any atom is 0.348 e. The molecule has 1 heterocycles. The maximum absolute atomic E-state index is 11.5. The van der Waals surface area contributed by atoms with E-state index in [-0.39, 0.29) is 5.56 Å². The number of benzene rings is 1. The second-order valence-corrected chi connectivity index (χ2v) is 4.56. The van der Waals surface area contributed by atoms with Crippen molar-refractivity contribution in [2.75, 3.05) is 0 Å². The van der Waals surface area contributed by atoms with Gasteiger partial charge in [-0.2, -0.15) is 0 Å². The van der Waals surface area contributed by atoms with Gasteiger partial charge >= 0.3 is 11.9 Å². The van der Waals surface area contributed by atoms with Crippen molar-refractivity contribution in [3.8, 4) is 0 Å². The summed E-state index contributed by atoms with van der Waals surface area (Å²) in [5.41, 5.74) is 7.56. The molecule has 0 bridgehead atoms. The summed E-state index contributed by atoms with van der Waals surface area (Å²) in [5.74, 6) is -2.00. The van der Waals surface area contributed by atoms with Gasteiger partial charge in [0.2, 0.25) is 0 Å². The molecule has 2 rings (SSSR count). The number of nitrogens with zero attached hydrogens (tertiary/aromatic N) is 3. The van der Waals surface area contributed by atoms with Crippen LogP contribution in [-0.4, -0.2) is 20.4 Å². The van der Waals surface area contributed by atoms with Crippen LogP contribution in [0.5, 0.6) is 0 Å². The predicted molar refractivity (Wildman–Crippen MR) is 52.5 cm³/mol. The fourth-order valence-corrected chi connectivity index (χ4v) is 2.29. The molecule has 1 aliphatic heterocycles. The molecule has 0 saturated heterocycles. The van der Waals surface area contributed by atoms with Gasteiger partial charge < -0.3 is 4.74 Å². The van der Waals surface area contributed by atoms with Crippen LogP contribution in [0.25, 0.3) is 10.4 Å². The molecule has 0 aliphatic carbocycles. The molecule has 86 valence electrons. The fourth-order valence-electron chi connectivity index (χ4n) is 1.41. The number of cyclic esters (lactones) is 2. The topological polar surface area (TPSA) is 126 Å². The Balaban J connectivity index is 2.80. The van der Waals surface area contributed by atoms with Crippen LogP contribution in [0.15, 0.2) is 27.6 Å². The Morgan fingerprint density at radius 2 is 1.94 bits per heavy atom. The minimum Gasteiger partial charge on any atom is -0.386 e. The second kappa shape index (κ2) is 3.58. The zero-order chi connectivity index (χ0) is 12.6. The summed E-state index contributed by atoms with van der Waals surface area (Å²) >= 11 is 0. The molecule has 0 unspecified atom stereocenters. The summed E-state index contributed by atoms with van der Waals surface area (Å²) < 4.78 is 29.9. The number of hydrogen-bond donors (Lipinski definition) is 0. The number of rotatable bonds is 2. The van der Waals surface area contributed by atoms with Gasteiger partial charge in [-0.05, 0) is 17.7 Å². The molecular weight excluding hydrogens is 250 g/mol. The molecule has 9 heteroatoms. The van der Waals surface area contributed by atoms with Crippen LogP contribution in [0.4, 0.5) is 0 Å². The highest BCUT2D eigenvalue weighted by Gasteiger charge is 2.35. The van der Waals surface area contributed by atoms with Crippen LogP contribution in [-0.2, 0) is 14.8 Å². The summed E-state index contributed by atoms with van der Waals surface area (Å²) in [5, 5.41) is 0. The van der Waals surface area contributed by atoms with Crippen molar-refractivity contribution in [3.63, 3.8) is 0 Å². The molecule has 0 amide bonds. The summed E-state index contributed by atoms with van der Waals surface area (Å²) in [6.07, 6.45) is 0. The molecule has 0 saturated carbocycles. The van der Waals surface area contributed by atoms with Gasteiger partial charge in [0, 0.05) is 9.43 Å². The second-order valence-electron chi connectivity index (χ2n) is 3.00. The number of hydrogen-bond acceptors (Lipinski definition) is 5. The summed E-state index contributed by atoms with van der Waals surface area (Å²) in [7, 11) is -4.34. The molecule has 17 heavy (non-hydrogen) atoms. The van der Waals surface area contributed by atoms with Crippen LogP contribution < -0.4 is 0 Å². The zero-order valence-corrected chi connectivity index (χ0v) is 8.84. The SMILES string of the molecule is [N-]=[N+]=NS(=O)(=O)c1cccc2c1C(=O)OC2=O. The summed E-state index contributed by atoms with van der Waals surface area (Å²) in [6, 6.07) is 3.55. The summed E-state index contributed by atoms with van der Waals surface area (Å²) in [6.45, 7) is 0.